The minimum Gasteiger partial charge on any atom is -1.00 e. The van der Waals surface area contributed by atoms with E-state index in [-0.39, 0.29) is 24.0 Å². The zero-order chi connectivity index (χ0) is 34.8. The van der Waals surface area contributed by atoms with Gasteiger partial charge in [-0.15, -0.1) is 11.8 Å². The molecule has 0 amide bonds. The number of nitrogens with one attached hydrogen (secondary N) is 1. The highest BCUT2D eigenvalue weighted by atomic mass is 127. The van der Waals surface area contributed by atoms with E-state index in [2.05, 4.69) is 27.2 Å². The molecular formula is C38H36Cl2IN8S-. The number of hydrogen-bond donors (Lipinski definition) is 1. The zero-order valence-electron chi connectivity index (χ0n) is 28.8. The molecule has 0 bridgehead atoms. The molecule has 8 nitrogen and oxygen atoms in total. The van der Waals surface area contributed by atoms with Crippen LogP contribution in [0.4, 0.5) is 11.4 Å². The quantitative estimate of drug-likeness (QED) is 0.253. The van der Waals surface area contributed by atoms with Crippen LogP contribution in [-0.2, 0) is 0 Å². The summed E-state index contributed by atoms with van der Waals surface area (Å²) in [5.74, 6) is 0.816. The first-order valence-electron chi connectivity index (χ1n) is 15.7. The van der Waals surface area contributed by atoms with Gasteiger partial charge in [0.1, 0.15) is 16.4 Å². The third-order valence-corrected chi connectivity index (χ3v) is 9.59. The lowest BCUT2D eigenvalue weighted by Crippen LogP contribution is -3.00. The standard InChI is InChI=1S/C20H21ClN4S.C18H15ClN4.HI/c1-12-10-17-15(11-22-12)19(14-8-6-7-9-16(14)21)24-18(13(2)25(3)4)20(23-17)26-5;1-10-8-21-18-16(10)23-17(12-5-3-4-6-14(12)19)13-9-20-11(2)7-15(13)22-18;/h6-11H,1-5H3;3-7,9H,8H2,1-2H3,(H,21,22);1H/p-1. The van der Waals surface area contributed by atoms with Gasteiger partial charge in [-0.05, 0) is 63.8 Å². The molecule has 1 N–H and O–H groups in total. The third kappa shape index (κ3) is 7.73. The lowest BCUT2D eigenvalue weighted by molar-refractivity contribution is -0.0000101. The number of benzene rings is 2. The highest BCUT2D eigenvalue weighted by Crippen LogP contribution is 2.34. The number of halogens is 3. The van der Waals surface area contributed by atoms with Crippen molar-refractivity contribution in [3.63, 3.8) is 0 Å². The number of allylic oxidation sites excluding steroid dienone is 1. The second kappa shape index (κ2) is 16.0. The van der Waals surface area contributed by atoms with Gasteiger partial charge in [0, 0.05) is 75.9 Å². The number of rotatable bonds is 3. The Hall–Kier alpha value is -3.84. The average Bonchev–Trinajstić information content (AvgIpc) is 3.24. The summed E-state index contributed by atoms with van der Waals surface area (Å²) in [5, 5.41) is 5.62. The monoisotopic (exact) mass is 833 g/mol. The van der Waals surface area contributed by atoms with E-state index >= 15 is 0 Å². The first-order valence-corrected chi connectivity index (χ1v) is 17.7. The smallest absolute Gasteiger partial charge is 0.152 e. The van der Waals surface area contributed by atoms with Crippen LogP contribution < -0.4 is 29.3 Å². The van der Waals surface area contributed by atoms with Crippen LogP contribution in [0, 0.1) is 13.8 Å². The highest BCUT2D eigenvalue weighted by molar-refractivity contribution is 8.13. The number of thioether (sulfide) groups is 1. The fourth-order valence-electron chi connectivity index (χ4n) is 5.46. The summed E-state index contributed by atoms with van der Waals surface area (Å²) >= 11 is 14.5. The van der Waals surface area contributed by atoms with Crippen LogP contribution in [0.2, 0.25) is 10.0 Å². The largest absolute Gasteiger partial charge is 1.00 e. The van der Waals surface area contributed by atoms with E-state index in [1.807, 2.05) is 119 Å². The number of hydrogen-bond acceptors (Lipinski definition) is 9. The van der Waals surface area contributed by atoms with Gasteiger partial charge in [0.2, 0.25) is 0 Å². The van der Waals surface area contributed by atoms with Crippen molar-refractivity contribution >= 4 is 68.6 Å². The Morgan fingerprint density at radius 3 is 1.96 bits per heavy atom. The summed E-state index contributed by atoms with van der Waals surface area (Å²) in [5.41, 5.74) is 12.8. The molecule has 3 aliphatic heterocycles. The SMILES string of the molecule is CC1=C2N=C(c3ccccc3Cl)c3cnc(C)cc3NC2=NC1.CSC1=Nc2cc(C)ncc2C(c2ccccc2Cl)=NC1=C(C)N(C)C.[I-]. The van der Waals surface area contributed by atoms with Crippen molar-refractivity contribution in [1.82, 2.24) is 14.9 Å². The number of amidine groups is 1. The molecule has 256 valence electrons. The van der Waals surface area contributed by atoms with Crippen molar-refractivity contribution in [3.8, 4) is 0 Å². The number of fused-ring (bicyclic) bond motifs is 3. The minimum absolute atomic E-state index is 0. The number of nitrogens with zero attached hydrogens (tertiary/aromatic N) is 7. The molecule has 3 aliphatic rings. The molecule has 0 saturated heterocycles. The van der Waals surface area contributed by atoms with E-state index < -0.39 is 0 Å². The third-order valence-electron chi connectivity index (χ3n) is 8.26. The molecular weight excluding hydrogens is 798 g/mol. The van der Waals surface area contributed by atoms with Crippen molar-refractivity contribution in [2.24, 2.45) is 20.0 Å². The molecule has 7 rings (SSSR count). The van der Waals surface area contributed by atoms with Gasteiger partial charge in [0.15, 0.2) is 5.84 Å². The number of aromatic nitrogens is 2. The normalized spacial score (nSPS) is 15.5. The Labute approximate surface area is 324 Å². The van der Waals surface area contributed by atoms with Crippen molar-refractivity contribution in [3.05, 3.63) is 139 Å². The molecule has 0 fully saturated rings. The van der Waals surface area contributed by atoms with Gasteiger partial charge < -0.3 is 34.2 Å². The van der Waals surface area contributed by atoms with Crippen molar-refractivity contribution < 1.29 is 24.0 Å². The van der Waals surface area contributed by atoms with Crippen LogP contribution in [0.3, 0.4) is 0 Å². The summed E-state index contributed by atoms with van der Waals surface area (Å²) in [6.45, 7) is 8.72. The molecule has 0 atom stereocenters. The van der Waals surface area contributed by atoms with E-state index in [9.17, 15) is 0 Å². The Balaban J connectivity index is 0.000000192. The number of anilines is 1. The predicted molar refractivity (Wildman–Crippen MR) is 208 cm³/mol. The van der Waals surface area contributed by atoms with Crippen LogP contribution in [0.15, 0.2) is 116 Å². The van der Waals surface area contributed by atoms with E-state index in [0.29, 0.717) is 16.6 Å². The van der Waals surface area contributed by atoms with E-state index in [1.54, 1.807) is 11.8 Å². The first kappa shape index (κ1) is 37.4. The molecule has 12 heteroatoms. The molecule has 50 heavy (non-hydrogen) atoms. The van der Waals surface area contributed by atoms with Crippen molar-refractivity contribution in [2.75, 3.05) is 32.2 Å². The van der Waals surface area contributed by atoms with E-state index in [0.717, 1.165) is 90.0 Å². The topological polar surface area (TPSA) is 90.5 Å². The van der Waals surface area contributed by atoms with Gasteiger partial charge in [-0.2, -0.15) is 0 Å². The zero-order valence-corrected chi connectivity index (χ0v) is 33.3. The Morgan fingerprint density at radius 2 is 1.36 bits per heavy atom. The van der Waals surface area contributed by atoms with Gasteiger partial charge in [0.25, 0.3) is 0 Å². The molecule has 0 spiro atoms. The fraction of sp³-hybridized carbons (Fsp3) is 0.211. The second-order valence-corrected chi connectivity index (χ2v) is 13.6. The Morgan fingerprint density at radius 1 is 0.780 bits per heavy atom. The summed E-state index contributed by atoms with van der Waals surface area (Å²) in [7, 11) is 4.02. The molecule has 4 aromatic rings. The van der Waals surface area contributed by atoms with Gasteiger partial charge in [-0.3, -0.25) is 15.0 Å². The predicted octanol–water partition coefficient (Wildman–Crippen LogP) is 6.08. The van der Waals surface area contributed by atoms with E-state index in [1.165, 1.54) is 0 Å². The lowest BCUT2D eigenvalue weighted by Gasteiger charge is -2.17. The molecule has 0 unspecified atom stereocenters. The van der Waals surface area contributed by atoms with Crippen molar-refractivity contribution in [2.45, 2.75) is 27.7 Å². The van der Waals surface area contributed by atoms with Crippen LogP contribution >= 0.6 is 35.0 Å². The van der Waals surface area contributed by atoms with Gasteiger partial charge in [-0.1, -0.05) is 59.6 Å². The molecule has 0 aliphatic carbocycles. The van der Waals surface area contributed by atoms with Crippen LogP contribution in [0.25, 0.3) is 0 Å². The Kier molecular flexibility index (Phi) is 12.0. The highest BCUT2D eigenvalue weighted by Gasteiger charge is 2.26. The lowest BCUT2D eigenvalue weighted by atomic mass is 10.0. The second-order valence-electron chi connectivity index (χ2n) is 12.0. The minimum atomic E-state index is 0. The summed E-state index contributed by atoms with van der Waals surface area (Å²) in [6, 6.07) is 19.5. The molecule has 2 aromatic heterocycles. The number of aliphatic imine (C=N–C) groups is 4. The molecule has 0 radical (unpaired) electrons. The van der Waals surface area contributed by atoms with Gasteiger partial charge in [0.05, 0.1) is 29.3 Å². The molecule has 2 aromatic carbocycles. The first-order chi connectivity index (χ1) is 23.5. The van der Waals surface area contributed by atoms with Crippen LogP contribution in [0.1, 0.15) is 47.5 Å². The molecule has 0 saturated carbocycles. The van der Waals surface area contributed by atoms with E-state index in [4.69, 9.17) is 38.2 Å². The summed E-state index contributed by atoms with van der Waals surface area (Å²) < 4.78 is 0. The van der Waals surface area contributed by atoms with Crippen LogP contribution in [-0.4, -0.2) is 64.1 Å². The molecule has 5 heterocycles. The number of pyridine rings is 2. The van der Waals surface area contributed by atoms with Crippen molar-refractivity contribution in [1.29, 1.82) is 0 Å². The van der Waals surface area contributed by atoms with Gasteiger partial charge in [-0.25, -0.2) is 15.0 Å². The fourth-order valence-corrected chi connectivity index (χ4v) is 6.48. The maximum absolute atomic E-state index is 6.50. The van der Waals surface area contributed by atoms with Crippen LogP contribution in [0.5, 0.6) is 0 Å². The average molecular weight is 835 g/mol. The summed E-state index contributed by atoms with van der Waals surface area (Å²) in [6.07, 6.45) is 5.70. The van der Waals surface area contributed by atoms with Gasteiger partial charge >= 0.3 is 0 Å². The Bertz CT molecular complexity index is 2170. The number of aryl methyl sites for hydroxylation is 2. The maximum Gasteiger partial charge on any atom is 0.152 e. The summed E-state index contributed by atoms with van der Waals surface area (Å²) in [4.78, 5) is 30.3. The maximum atomic E-state index is 6.50.